The zero-order chi connectivity index (χ0) is 20.5. The van der Waals surface area contributed by atoms with Crippen molar-refractivity contribution >= 4 is 11.6 Å². The minimum Gasteiger partial charge on any atom is -0.507 e. The van der Waals surface area contributed by atoms with Crippen LogP contribution in [0.25, 0.3) is 0 Å². The summed E-state index contributed by atoms with van der Waals surface area (Å²) in [6, 6.07) is 6.93. The molecule has 4 nitrogen and oxygen atoms in total. The molecule has 2 aromatic carbocycles. The predicted molar refractivity (Wildman–Crippen MR) is 107 cm³/mol. The van der Waals surface area contributed by atoms with Crippen LogP contribution in [-0.4, -0.2) is 21.8 Å². The number of benzene rings is 2. The van der Waals surface area contributed by atoms with E-state index in [4.69, 9.17) is 0 Å². The molecule has 0 radical (unpaired) electrons. The average molecular weight is 364 g/mol. The normalized spacial score (nSPS) is 11.1. The second-order valence-electron chi connectivity index (χ2n) is 7.07. The Morgan fingerprint density at radius 2 is 1.15 bits per heavy atom. The Morgan fingerprint density at radius 3 is 1.44 bits per heavy atom. The standard InChI is InChI=1S/C23H24O4/c1-7-17(24)19-13(3)9-11-15(21(19)26)23(5,6)16-12-10-14(4)20(22(16)27)18(25)8-2/h7-12,26-27H,1-2H2,3-6H3. The van der Waals surface area contributed by atoms with Crippen LogP contribution in [0.1, 0.15) is 56.8 Å². The molecule has 0 amide bonds. The van der Waals surface area contributed by atoms with E-state index in [2.05, 4.69) is 13.2 Å². The molecule has 0 atom stereocenters. The van der Waals surface area contributed by atoms with E-state index in [0.29, 0.717) is 22.3 Å². The molecule has 0 aliphatic carbocycles. The number of aromatic hydroxyl groups is 2. The first kappa shape index (κ1) is 20.2. The van der Waals surface area contributed by atoms with Crippen LogP contribution in [0.4, 0.5) is 0 Å². The molecule has 0 unspecified atom stereocenters. The highest BCUT2D eigenvalue weighted by molar-refractivity contribution is 6.08. The number of carbonyl (C=O) groups excluding carboxylic acids is 2. The molecule has 0 saturated carbocycles. The topological polar surface area (TPSA) is 74.6 Å². The quantitative estimate of drug-likeness (QED) is 0.571. The molecule has 4 heteroatoms. The van der Waals surface area contributed by atoms with Gasteiger partial charge < -0.3 is 10.2 Å². The average Bonchev–Trinajstić information content (AvgIpc) is 2.60. The van der Waals surface area contributed by atoms with Gasteiger partial charge in [0.25, 0.3) is 0 Å². The third-order valence-electron chi connectivity index (χ3n) is 4.98. The summed E-state index contributed by atoms with van der Waals surface area (Å²) in [6.07, 6.45) is 2.31. The van der Waals surface area contributed by atoms with Crippen LogP contribution in [-0.2, 0) is 5.41 Å². The largest absolute Gasteiger partial charge is 0.507 e. The molecule has 2 rings (SSSR count). The molecule has 0 bridgehead atoms. The molecule has 0 spiro atoms. The van der Waals surface area contributed by atoms with Crippen LogP contribution in [0.5, 0.6) is 11.5 Å². The van der Waals surface area contributed by atoms with Gasteiger partial charge in [-0.15, -0.1) is 0 Å². The molecule has 0 heterocycles. The van der Waals surface area contributed by atoms with E-state index >= 15 is 0 Å². The second kappa shape index (κ2) is 7.23. The SMILES string of the molecule is C=CC(=O)c1c(C)ccc(C(C)(C)c2ccc(C)c(C(=O)C=C)c2O)c1O. The van der Waals surface area contributed by atoms with E-state index < -0.39 is 5.41 Å². The number of aryl methyl sites for hydroxylation is 2. The molecular weight excluding hydrogens is 340 g/mol. The molecule has 0 aromatic heterocycles. The molecule has 27 heavy (non-hydrogen) atoms. The van der Waals surface area contributed by atoms with Gasteiger partial charge in [-0.25, -0.2) is 0 Å². The first-order chi connectivity index (χ1) is 12.6. The number of carbonyl (C=O) groups is 2. The Kier molecular flexibility index (Phi) is 5.41. The summed E-state index contributed by atoms with van der Waals surface area (Å²) in [4.78, 5) is 24.4. The first-order valence-corrected chi connectivity index (χ1v) is 8.57. The van der Waals surface area contributed by atoms with Crippen molar-refractivity contribution in [1.29, 1.82) is 0 Å². The lowest BCUT2D eigenvalue weighted by Crippen LogP contribution is -2.21. The third-order valence-corrected chi connectivity index (χ3v) is 4.98. The Morgan fingerprint density at radius 1 is 0.815 bits per heavy atom. The zero-order valence-corrected chi connectivity index (χ0v) is 16.1. The fourth-order valence-corrected chi connectivity index (χ4v) is 3.36. The lowest BCUT2D eigenvalue weighted by Gasteiger charge is -2.29. The Bertz CT molecular complexity index is 887. The molecule has 0 saturated heterocycles. The summed E-state index contributed by atoms with van der Waals surface area (Å²) in [5.41, 5.74) is 1.69. The van der Waals surface area contributed by atoms with Gasteiger partial charge in [-0.05, 0) is 37.1 Å². The van der Waals surface area contributed by atoms with Crippen LogP contribution in [0, 0.1) is 13.8 Å². The third kappa shape index (κ3) is 3.31. The van der Waals surface area contributed by atoms with Gasteiger partial charge in [0.1, 0.15) is 11.5 Å². The van der Waals surface area contributed by atoms with Crippen LogP contribution in [0.3, 0.4) is 0 Å². The summed E-state index contributed by atoms with van der Waals surface area (Å²) < 4.78 is 0. The molecular formula is C23H24O4. The van der Waals surface area contributed by atoms with Crippen molar-refractivity contribution in [1.82, 2.24) is 0 Å². The lowest BCUT2D eigenvalue weighted by molar-refractivity contribution is 0.103. The molecule has 0 fully saturated rings. The maximum absolute atomic E-state index is 12.2. The van der Waals surface area contributed by atoms with Gasteiger partial charge in [-0.3, -0.25) is 9.59 Å². The highest BCUT2D eigenvalue weighted by atomic mass is 16.3. The van der Waals surface area contributed by atoms with Crippen LogP contribution in [0.15, 0.2) is 49.6 Å². The van der Waals surface area contributed by atoms with E-state index in [0.717, 1.165) is 12.2 Å². The van der Waals surface area contributed by atoms with Crippen molar-refractivity contribution in [2.24, 2.45) is 0 Å². The van der Waals surface area contributed by atoms with Gasteiger partial charge in [0, 0.05) is 16.5 Å². The Balaban J connectivity index is 2.78. The van der Waals surface area contributed by atoms with Gasteiger partial charge >= 0.3 is 0 Å². The van der Waals surface area contributed by atoms with Gasteiger partial charge in [0.15, 0.2) is 11.6 Å². The number of allylic oxidation sites excluding steroid dienone is 2. The van der Waals surface area contributed by atoms with Gasteiger partial charge in [-0.2, -0.15) is 0 Å². The summed E-state index contributed by atoms with van der Waals surface area (Å²) >= 11 is 0. The monoisotopic (exact) mass is 364 g/mol. The van der Waals surface area contributed by atoms with E-state index in [1.165, 1.54) is 0 Å². The van der Waals surface area contributed by atoms with Crippen molar-refractivity contribution in [3.63, 3.8) is 0 Å². The Labute approximate surface area is 159 Å². The van der Waals surface area contributed by atoms with Crippen LogP contribution in [0.2, 0.25) is 0 Å². The molecule has 2 N–H and O–H groups in total. The lowest BCUT2D eigenvalue weighted by atomic mass is 9.74. The second-order valence-corrected chi connectivity index (χ2v) is 7.07. The predicted octanol–water partition coefficient (Wildman–Crippen LogP) is 4.78. The Hall–Kier alpha value is -3.14. The molecule has 140 valence electrons. The van der Waals surface area contributed by atoms with Crippen molar-refractivity contribution in [2.75, 3.05) is 0 Å². The first-order valence-electron chi connectivity index (χ1n) is 8.57. The number of ketones is 2. The van der Waals surface area contributed by atoms with Crippen LogP contribution >= 0.6 is 0 Å². The number of hydrogen-bond donors (Lipinski definition) is 2. The summed E-state index contributed by atoms with van der Waals surface area (Å²) in [6.45, 7) is 14.1. The van der Waals surface area contributed by atoms with Crippen molar-refractivity contribution in [2.45, 2.75) is 33.1 Å². The minimum absolute atomic E-state index is 0.151. The van der Waals surface area contributed by atoms with Crippen molar-refractivity contribution in [3.05, 3.63) is 83.0 Å². The fourth-order valence-electron chi connectivity index (χ4n) is 3.36. The smallest absolute Gasteiger partial charge is 0.189 e. The highest BCUT2D eigenvalue weighted by Gasteiger charge is 2.33. The maximum atomic E-state index is 12.2. The van der Waals surface area contributed by atoms with E-state index in [1.807, 2.05) is 13.8 Å². The summed E-state index contributed by atoms with van der Waals surface area (Å²) in [5.74, 6) is -1.06. The maximum Gasteiger partial charge on any atom is 0.189 e. The molecule has 0 aliphatic rings. The summed E-state index contributed by atoms with van der Waals surface area (Å²) in [5, 5.41) is 21.6. The molecule has 0 aliphatic heterocycles. The zero-order valence-electron chi connectivity index (χ0n) is 16.1. The number of phenols is 2. The van der Waals surface area contributed by atoms with Crippen molar-refractivity contribution in [3.8, 4) is 11.5 Å². The summed E-state index contributed by atoms with van der Waals surface area (Å²) in [7, 11) is 0. The van der Waals surface area contributed by atoms with E-state index in [-0.39, 0.29) is 34.2 Å². The number of hydrogen-bond acceptors (Lipinski definition) is 4. The molecule has 2 aromatic rings. The van der Waals surface area contributed by atoms with Crippen molar-refractivity contribution < 1.29 is 19.8 Å². The highest BCUT2D eigenvalue weighted by Crippen LogP contribution is 2.44. The van der Waals surface area contributed by atoms with Gasteiger partial charge in [0.2, 0.25) is 0 Å². The fraction of sp³-hybridized carbons (Fsp3) is 0.217. The van der Waals surface area contributed by atoms with E-state index in [9.17, 15) is 19.8 Å². The van der Waals surface area contributed by atoms with Crippen LogP contribution < -0.4 is 0 Å². The minimum atomic E-state index is -0.873. The number of rotatable bonds is 6. The van der Waals surface area contributed by atoms with Gasteiger partial charge in [-0.1, -0.05) is 51.3 Å². The number of phenolic OH excluding ortho intramolecular Hbond substituents is 2. The van der Waals surface area contributed by atoms with Gasteiger partial charge in [0.05, 0.1) is 11.1 Å². The van der Waals surface area contributed by atoms with E-state index in [1.54, 1.807) is 38.1 Å².